The van der Waals surface area contributed by atoms with Crippen LogP contribution in [-0.2, 0) is 9.31 Å². The molecule has 0 radical (unpaired) electrons. The van der Waals surface area contributed by atoms with Crippen LogP contribution in [0.2, 0.25) is 0 Å². The van der Waals surface area contributed by atoms with E-state index >= 15 is 0 Å². The van der Waals surface area contributed by atoms with E-state index in [-0.39, 0.29) is 24.4 Å². The van der Waals surface area contributed by atoms with Gasteiger partial charge in [0, 0.05) is 11.8 Å². The number of rotatable bonds is 4. The Balaban J connectivity index is 1.78. The lowest BCUT2D eigenvalue weighted by atomic mass is 9.78. The summed E-state index contributed by atoms with van der Waals surface area (Å²) in [6, 6.07) is 8.11. The van der Waals surface area contributed by atoms with Crippen molar-refractivity contribution in [3.8, 4) is 11.1 Å². The minimum atomic E-state index is -0.446. The number of aromatic nitrogens is 2. The Kier molecular flexibility index (Phi) is 4.56. The molecule has 1 N–H and O–H groups in total. The average Bonchev–Trinajstić information content (AvgIpc) is 3.10. The van der Waals surface area contributed by atoms with Gasteiger partial charge < -0.3 is 14.4 Å². The third-order valence-electron chi connectivity index (χ3n) is 5.49. The van der Waals surface area contributed by atoms with Gasteiger partial charge in [-0.05, 0) is 52.6 Å². The van der Waals surface area contributed by atoms with Crippen molar-refractivity contribution in [1.29, 1.82) is 0 Å². The molecule has 2 unspecified atom stereocenters. The predicted molar refractivity (Wildman–Crippen MR) is 99.8 cm³/mol. The number of aliphatic hydroxyl groups is 1. The predicted octanol–water partition coefficient (Wildman–Crippen LogP) is 2.79. The van der Waals surface area contributed by atoms with E-state index in [2.05, 4.69) is 44.9 Å². The lowest BCUT2D eigenvalue weighted by molar-refractivity contribution is 0.00578. The maximum Gasteiger partial charge on any atom is 0.494 e. The van der Waals surface area contributed by atoms with Crippen LogP contribution in [0.25, 0.3) is 11.1 Å². The van der Waals surface area contributed by atoms with E-state index in [0.717, 1.165) is 16.6 Å². The van der Waals surface area contributed by atoms with E-state index in [4.69, 9.17) is 9.31 Å². The molecule has 1 aliphatic rings. The minimum absolute atomic E-state index is 0.0576. The summed E-state index contributed by atoms with van der Waals surface area (Å²) in [5.74, 6) is 0. The Morgan fingerprint density at radius 1 is 1.00 bits per heavy atom. The molecule has 5 nitrogen and oxygen atoms in total. The first-order valence-electron chi connectivity index (χ1n) is 8.79. The standard InChI is InChI=1S/C19H27BN2O3/c1-13(14(2)23)22-12-16(11-21-22)15-7-9-17(10-8-15)20-24-18(3,4)19(5,6)25-20/h7-14,23H,1-6H3. The molecule has 0 spiro atoms. The van der Waals surface area contributed by atoms with Gasteiger partial charge in [-0.25, -0.2) is 0 Å². The summed E-state index contributed by atoms with van der Waals surface area (Å²) in [7, 11) is -0.350. The van der Waals surface area contributed by atoms with E-state index in [9.17, 15) is 5.11 Å². The van der Waals surface area contributed by atoms with Crippen LogP contribution >= 0.6 is 0 Å². The Labute approximate surface area is 150 Å². The third-order valence-corrected chi connectivity index (χ3v) is 5.49. The Morgan fingerprint density at radius 2 is 1.56 bits per heavy atom. The van der Waals surface area contributed by atoms with Gasteiger partial charge >= 0.3 is 7.12 Å². The van der Waals surface area contributed by atoms with Crippen molar-refractivity contribution in [3.05, 3.63) is 36.7 Å². The normalized spacial score (nSPS) is 21.3. The molecule has 2 atom stereocenters. The molecule has 0 saturated carbocycles. The average molecular weight is 342 g/mol. The first kappa shape index (κ1) is 18.2. The van der Waals surface area contributed by atoms with Gasteiger partial charge in [-0.3, -0.25) is 4.68 Å². The van der Waals surface area contributed by atoms with Crippen LogP contribution in [0.15, 0.2) is 36.7 Å². The van der Waals surface area contributed by atoms with Crippen LogP contribution in [0.5, 0.6) is 0 Å². The molecule has 2 heterocycles. The molecule has 134 valence electrons. The van der Waals surface area contributed by atoms with E-state index in [1.54, 1.807) is 11.6 Å². The molecule has 1 saturated heterocycles. The van der Waals surface area contributed by atoms with Gasteiger partial charge in [-0.15, -0.1) is 0 Å². The van der Waals surface area contributed by atoms with Crippen molar-refractivity contribution in [1.82, 2.24) is 9.78 Å². The van der Waals surface area contributed by atoms with Gasteiger partial charge in [0.25, 0.3) is 0 Å². The lowest BCUT2D eigenvalue weighted by Gasteiger charge is -2.32. The van der Waals surface area contributed by atoms with Crippen LogP contribution < -0.4 is 5.46 Å². The van der Waals surface area contributed by atoms with Crippen molar-refractivity contribution in [3.63, 3.8) is 0 Å². The van der Waals surface area contributed by atoms with Crippen LogP contribution in [0.1, 0.15) is 47.6 Å². The summed E-state index contributed by atoms with van der Waals surface area (Å²) in [4.78, 5) is 0. The first-order chi connectivity index (χ1) is 11.6. The van der Waals surface area contributed by atoms with Crippen LogP contribution in [-0.4, -0.2) is 39.3 Å². The minimum Gasteiger partial charge on any atom is -0.399 e. The Bertz CT molecular complexity index is 721. The fourth-order valence-electron chi connectivity index (χ4n) is 2.74. The van der Waals surface area contributed by atoms with Crippen LogP contribution in [0.3, 0.4) is 0 Å². The van der Waals surface area contributed by atoms with Crippen LogP contribution in [0, 0.1) is 0 Å². The number of aliphatic hydroxyl groups excluding tert-OH is 1. The highest BCUT2D eigenvalue weighted by Crippen LogP contribution is 2.36. The Morgan fingerprint density at radius 3 is 2.08 bits per heavy atom. The third kappa shape index (κ3) is 3.39. The quantitative estimate of drug-likeness (QED) is 0.868. The molecule has 3 rings (SSSR count). The summed E-state index contributed by atoms with van der Waals surface area (Å²) in [5, 5.41) is 14.1. The fourth-order valence-corrected chi connectivity index (χ4v) is 2.74. The molecule has 1 fully saturated rings. The van der Waals surface area contributed by atoms with E-state index < -0.39 is 6.10 Å². The van der Waals surface area contributed by atoms with E-state index in [0.29, 0.717) is 0 Å². The molecular formula is C19H27BN2O3. The zero-order chi connectivity index (χ0) is 18.4. The monoisotopic (exact) mass is 342 g/mol. The van der Waals surface area contributed by atoms with Crippen molar-refractivity contribution in [2.45, 2.75) is 64.9 Å². The number of nitrogens with zero attached hydrogens (tertiary/aromatic N) is 2. The second-order valence-electron chi connectivity index (χ2n) is 7.90. The summed E-state index contributed by atoms with van der Waals surface area (Å²) < 4.78 is 14.0. The fraction of sp³-hybridized carbons (Fsp3) is 0.526. The smallest absolute Gasteiger partial charge is 0.399 e. The molecule has 0 amide bonds. The van der Waals surface area contributed by atoms with Crippen molar-refractivity contribution >= 4 is 12.6 Å². The maximum absolute atomic E-state index is 9.71. The number of hydrogen-bond donors (Lipinski definition) is 1. The molecule has 1 aliphatic heterocycles. The second kappa shape index (κ2) is 6.27. The van der Waals surface area contributed by atoms with E-state index in [1.165, 1.54) is 0 Å². The molecule has 0 aliphatic carbocycles. The van der Waals surface area contributed by atoms with E-state index in [1.807, 2.05) is 31.5 Å². The van der Waals surface area contributed by atoms with Gasteiger partial charge in [0.2, 0.25) is 0 Å². The summed E-state index contributed by atoms with van der Waals surface area (Å²) in [6.45, 7) is 11.9. The van der Waals surface area contributed by atoms with Gasteiger partial charge in [-0.1, -0.05) is 24.3 Å². The summed E-state index contributed by atoms with van der Waals surface area (Å²) >= 11 is 0. The molecule has 1 aromatic heterocycles. The Hall–Kier alpha value is -1.63. The maximum atomic E-state index is 9.71. The lowest BCUT2D eigenvalue weighted by Crippen LogP contribution is -2.41. The molecule has 2 aromatic rings. The molecule has 0 bridgehead atoms. The summed E-state index contributed by atoms with van der Waals surface area (Å²) in [6.07, 6.45) is 3.34. The van der Waals surface area contributed by atoms with Gasteiger partial charge in [0.05, 0.1) is 29.5 Å². The molecule has 6 heteroatoms. The highest BCUT2D eigenvalue weighted by Gasteiger charge is 2.51. The summed E-state index contributed by atoms with van der Waals surface area (Å²) in [5.41, 5.74) is 2.42. The second-order valence-corrected chi connectivity index (χ2v) is 7.90. The SMILES string of the molecule is CC(O)C(C)n1cc(-c2ccc(B3OC(C)(C)C(C)(C)O3)cc2)cn1. The van der Waals surface area contributed by atoms with Crippen molar-refractivity contribution in [2.75, 3.05) is 0 Å². The van der Waals surface area contributed by atoms with Crippen LogP contribution in [0.4, 0.5) is 0 Å². The van der Waals surface area contributed by atoms with Crippen molar-refractivity contribution in [2.24, 2.45) is 0 Å². The largest absolute Gasteiger partial charge is 0.494 e. The van der Waals surface area contributed by atoms with Gasteiger partial charge in [-0.2, -0.15) is 5.10 Å². The topological polar surface area (TPSA) is 56.5 Å². The molecule has 1 aromatic carbocycles. The molecular weight excluding hydrogens is 315 g/mol. The number of hydrogen-bond acceptors (Lipinski definition) is 4. The van der Waals surface area contributed by atoms with Gasteiger partial charge in [0.15, 0.2) is 0 Å². The first-order valence-corrected chi connectivity index (χ1v) is 8.79. The zero-order valence-electron chi connectivity index (χ0n) is 15.9. The molecule has 25 heavy (non-hydrogen) atoms. The highest BCUT2D eigenvalue weighted by molar-refractivity contribution is 6.62. The highest BCUT2D eigenvalue weighted by atomic mass is 16.7. The number of benzene rings is 1. The van der Waals surface area contributed by atoms with Crippen molar-refractivity contribution < 1.29 is 14.4 Å². The van der Waals surface area contributed by atoms with Gasteiger partial charge in [0.1, 0.15) is 0 Å². The zero-order valence-corrected chi connectivity index (χ0v) is 15.9.